The molecule has 0 amide bonds. The monoisotopic (exact) mass is 299 g/mol. The molecule has 0 aromatic carbocycles. The first-order valence-corrected chi connectivity index (χ1v) is 8.17. The fourth-order valence-corrected chi connectivity index (χ4v) is 3.04. The SMILES string of the molecule is CCNC(Cc1c(Cl)c(CC)nn1CC)CC(C)(C)C. The predicted octanol–water partition coefficient (Wildman–Crippen LogP) is 4.08. The molecule has 0 saturated carbocycles. The lowest BCUT2D eigenvalue weighted by Gasteiger charge is -2.27. The molecule has 0 aliphatic heterocycles. The third kappa shape index (κ3) is 4.78. The lowest BCUT2D eigenvalue weighted by Crippen LogP contribution is -2.35. The third-order valence-corrected chi connectivity index (χ3v) is 3.92. The van der Waals surface area contributed by atoms with Gasteiger partial charge in [-0.15, -0.1) is 0 Å². The van der Waals surface area contributed by atoms with Crippen molar-refractivity contribution in [2.75, 3.05) is 6.54 Å². The molecule has 1 unspecified atom stereocenters. The Hall–Kier alpha value is -0.540. The van der Waals surface area contributed by atoms with E-state index in [4.69, 9.17) is 11.6 Å². The van der Waals surface area contributed by atoms with Gasteiger partial charge in [0.1, 0.15) is 0 Å². The Balaban J connectivity index is 2.95. The molecule has 0 saturated heterocycles. The highest BCUT2D eigenvalue weighted by molar-refractivity contribution is 6.31. The van der Waals surface area contributed by atoms with E-state index in [1.165, 1.54) is 5.69 Å². The van der Waals surface area contributed by atoms with E-state index in [9.17, 15) is 0 Å². The number of rotatable bonds is 7. The van der Waals surface area contributed by atoms with Crippen LogP contribution in [-0.2, 0) is 19.4 Å². The lowest BCUT2D eigenvalue weighted by molar-refractivity contribution is 0.306. The van der Waals surface area contributed by atoms with Crippen LogP contribution in [0.3, 0.4) is 0 Å². The number of hydrogen-bond donors (Lipinski definition) is 1. The number of aromatic nitrogens is 2. The molecule has 0 bridgehead atoms. The van der Waals surface area contributed by atoms with E-state index in [0.717, 1.165) is 43.1 Å². The second-order valence-electron chi connectivity index (χ2n) is 6.60. The van der Waals surface area contributed by atoms with Crippen molar-refractivity contribution in [1.29, 1.82) is 0 Å². The average molecular weight is 300 g/mol. The molecule has 1 atom stereocenters. The Bertz CT molecular complexity index is 418. The maximum absolute atomic E-state index is 6.51. The number of nitrogens with zero attached hydrogens (tertiary/aromatic N) is 2. The van der Waals surface area contributed by atoms with Gasteiger partial charge in [-0.3, -0.25) is 4.68 Å². The molecule has 1 rings (SSSR count). The van der Waals surface area contributed by atoms with Crippen molar-refractivity contribution < 1.29 is 0 Å². The van der Waals surface area contributed by atoms with E-state index in [1.54, 1.807) is 0 Å². The molecule has 0 spiro atoms. The molecular formula is C16H30ClN3. The van der Waals surface area contributed by atoms with Crippen LogP contribution in [0.2, 0.25) is 5.02 Å². The standard InChI is InChI=1S/C16H30ClN3/c1-7-13-15(17)14(20(9-3)19-13)10-12(18-8-2)11-16(4,5)6/h12,18H,7-11H2,1-6H3. The van der Waals surface area contributed by atoms with Gasteiger partial charge in [0.05, 0.1) is 16.4 Å². The van der Waals surface area contributed by atoms with Crippen LogP contribution in [0.1, 0.15) is 59.4 Å². The summed E-state index contributed by atoms with van der Waals surface area (Å²) < 4.78 is 2.06. The minimum Gasteiger partial charge on any atom is -0.314 e. The molecule has 116 valence electrons. The minimum atomic E-state index is 0.309. The second-order valence-corrected chi connectivity index (χ2v) is 6.98. The smallest absolute Gasteiger partial charge is 0.0850 e. The highest BCUT2D eigenvalue weighted by Crippen LogP contribution is 2.27. The van der Waals surface area contributed by atoms with E-state index in [2.05, 4.69) is 56.6 Å². The van der Waals surface area contributed by atoms with Crippen LogP contribution in [-0.4, -0.2) is 22.4 Å². The molecule has 1 aromatic heterocycles. The first-order valence-electron chi connectivity index (χ1n) is 7.79. The van der Waals surface area contributed by atoms with Crippen molar-refractivity contribution in [2.45, 2.75) is 73.4 Å². The zero-order valence-corrected chi connectivity index (χ0v) is 14.6. The molecule has 0 aliphatic carbocycles. The molecule has 1 N–H and O–H groups in total. The maximum atomic E-state index is 6.51. The van der Waals surface area contributed by atoms with Gasteiger partial charge in [-0.25, -0.2) is 0 Å². The summed E-state index contributed by atoms with van der Waals surface area (Å²) in [5.41, 5.74) is 2.51. The van der Waals surface area contributed by atoms with Crippen molar-refractivity contribution in [3.63, 3.8) is 0 Å². The molecular weight excluding hydrogens is 270 g/mol. The summed E-state index contributed by atoms with van der Waals surface area (Å²) in [6.45, 7) is 15.1. The second kappa shape index (κ2) is 7.46. The van der Waals surface area contributed by atoms with E-state index in [0.29, 0.717) is 11.5 Å². The van der Waals surface area contributed by atoms with E-state index in [1.807, 2.05) is 0 Å². The van der Waals surface area contributed by atoms with Crippen LogP contribution < -0.4 is 5.32 Å². The Morgan fingerprint density at radius 2 is 1.90 bits per heavy atom. The highest BCUT2D eigenvalue weighted by atomic mass is 35.5. The zero-order valence-electron chi connectivity index (χ0n) is 13.9. The lowest BCUT2D eigenvalue weighted by atomic mass is 9.86. The summed E-state index contributed by atoms with van der Waals surface area (Å²) in [5.74, 6) is 0. The van der Waals surface area contributed by atoms with Crippen LogP contribution in [0.5, 0.6) is 0 Å². The number of halogens is 1. The summed E-state index contributed by atoms with van der Waals surface area (Å²) in [5, 5.41) is 9.07. The Kier molecular flexibility index (Phi) is 6.53. The largest absolute Gasteiger partial charge is 0.314 e. The third-order valence-electron chi connectivity index (χ3n) is 3.49. The van der Waals surface area contributed by atoms with Gasteiger partial charge in [-0.05, 0) is 31.7 Å². The van der Waals surface area contributed by atoms with Crippen molar-refractivity contribution in [2.24, 2.45) is 5.41 Å². The molecule has 1 aromatic rings. The molecule has 3 nitrogen and oxygen atoms in total. The van der Waals surface area contributed by atoms with Crippen LogP contribution in [0.25, 0.3) is 0 Å². The summed E-state index contributed by atoms with van der Waals surface area (Å²) in [4.78, 5) is 0. The van der Waals surface area contributed by atoms with E-state index in [-0.39, 0.29) is 0 Å². The molecule has 0 fully saturated rings. The average Bonchev–Trinajstić information content (AvgIpc) is 2.64. The molecule has 20 heavy (non-hydrogen) atoms. The Morgan fingerprint density at radius 3 is 2.35 bits per heavy atom. The topological polar surface area (TPSA) is 29.9 Å². The summed E-state index contributed by atoms with van der Waals surface area (Å²) in [6.07, 6.45) is 2.97. The first-order chi connectivity index (χ1) is 9.32. The zero-order chi connectivity index (χ0) is 15.3. The highest BCUT2D eigenvalue weighted by Gasteiger charge is 2.22. The summed E-state index contributed by atoms with van der Waals surface area (Å²) >= 11 is 6.51. The van der Waals surface area contributed by atoms with Crippen LogP contribution in [0.15, 0.2) is 0 Å². The quantitative estimate of drug-likeness (QED) is 0.822. The number of likely N-dealkylation sites (N-methyl/N-ethyl adjacent to an activating group) is 1. The van der Waals surface area contributed by atoms with E-state index < -0.39 is 0 Å². The van der Waals surface area contributed by atoms with Crippen LogP contribution >= 0.6 is 11.6 Å². The van der Waals surface area contributed by atoms with Gasteiger partial charge in [0.15, 0.2) is 0 Å². The molecule has 0 radical (unpaired) electrons. The minimum absolute atomic E-state index is 0.309. The fourth-order valence-electron chi connectivity index (χ4n) is 2.69. The van der Waals surface area contributed by atoms with Crippen molar-refractivity contribution in [3.8, 4) is 0 Å². The predicted molar refractivity (Wildman–Crippen MR) is 87.5 cm³/mol. The number of nitrogens with one attached hydrogen (secondary N) is 1. The van der Waals surface area contributed by atoms with Gasteiger partial charge in [0, 0.05) is 19.0 Å². The first kappa shape index (κ1) is 17.5. The van der Waals surface area contributed by atoms with Crippen LogP contribution in [0.4, 0.5) is 0 Å². The number of aryl methyl sites for hydroxylation is 2. The van der Waals surface area contributed by atoms with Gasteiger partial charge in [0.25, 0.3) is 0 Å². The fraction of sp³-hybridized carbons (Fsp3) is 0.812. The van der Waals surface area contributed by atoms with Crippen molar-refractivity contribution in [3.05, 3.63) is 16.4 Å². The Labute approximate surface area is 129 Å². The number of hydrogen-bond acceptors (Lipinski definition) is 2. The summed E-state index contributed by atoms with van der Waals surface area (Å²) in [7, 11) is 0. The molecule has 4 heteroatoms. The van der Waals surface area contributed by atoms with Gasteiger partial charge in [0.2, 0.25) is 0 Å². The Morgan fingerprint density at radius 1 is 1.25 bits per heavy atom. The van der Waals surface area contributed by atoms with Crippen molar-refractivity contribution >= 4 is 11.6 Å². The summed E-state index contributed by atoms with van der Waals surface area (Å²) in [6, 6.07) is 0.448. The van der Waals surface area contributed by atoms with Crippen molar-refractivity contribution in [1.82, 2.24) is 15.1 Å². The van der Waals surface area contributed by atoms with Crippen LogP contribution in [0, 0.1) is 5.41 Å². The molecule has 0 aliphatic rings. The van der Waals surface area contributed by atoms with Gasteiger partial charge in [-0.1, -0.05) is 46.2 Å². The van der Waals surface area contributed by atoms with E-state index >= 15 is 0 Å². The molecule has 1 heterocycles. The van der Waals surface area contributed by atoms with Gasteiger partial charge >= 0.3 is 0 Å². The van der Waals surface area contributed by atoms with Gasteiger partial charge in [-0.2, -0.15) is 5.10 Å². The maximum Gasteiger partial charge on any atom is 0.0850 e. The normalized spacial score (nSPS) is 13.8. The van der Waals surface area contributed by atoms with Gasteiger partial charge < -0.3 is 5.32 Å².